The molecule has 0 aromatic rings. The molecule has 0 bridgehead atoms. The number of aliphatic carboxylic acids is 1. The molecule has 3 heteroatoms. The van der Waals surface area contributed by atoms with Gasteiger partial charge in [-0.25, -0.2) is 4.79 Å². The van der Waals surface area contributed by atoms with Crippen LogP contribution in [-0.2, 0) is 4.79 Å². The standard InChI is InChI=1S/C4H4O2S/c1-3(2-7)4(5)6/h2H,1H2,(H,5,6). The fourth-order valence-corrected chi connectivity index (χ4v) is 0.151. The average Bonchev–Trinajstić information content (AvgIpc) is 1.65. The van der Waals surface area contributed by atoms with E-state index in [1.807, 2.05) is 0 Å². The number of carboxylic acid groups (broad SMARTS) is 1. The van der Waals surface area contributed by atoms with Gasteiger partial charge in [-0.2, -0.15) is 0 Å². The summed E-state index contributed by atoms with van der Waals surface area (Å²) in [6.07, 6.45) is 0. The number of carbonyl (C=O) groups is 1. The Hall–Kier alpha value is -0.700. The zero-order chi connectivity index (χ0) is 5.86. The number of rotatable bonds is 2. The Kier molecular flexibility index (Phi) is 2.22. The zero-order valence-electron chi connectivity index (χ0n) is 3.55. The summed E-state index contributed by atoms with van der Waals surface area (Å²) in [4.78, 5) is 9.73. The van der Waals surface area contributed by atoms with Crippen molar-refractivity contribution >= 4 is 23.6 Å². The van der Waals surface area contributed by atoms with Crippen molar-refractivity contribution in [1.29, 1.82) is 0 Å². The first-order chi connectivity index (χ1) is 3.18. The largest absolute Gasteiger partial charge is 0.478 e. The predicted octanol–water partition coefficient (Wildman–Crippen LogP) is 0.627. The summed E-state index contributed by atoms with van der Waals surface area (Å²) in [6.45, 7) is 3.11. The lowest BCUT2D eigenvalue weighted by atomic mass is 10.4. The van der Waals surface area contributed by atoms with Crippen LogP contribution in [0.2, 0.25) is 0 Å². The summed E-state index contributed by atoms with van der Waals surface area (Å²) in [5.74, 6) is -1.06. The van der Waals surface area contributed by atoms with Gasteiger partial charge in [-0.05, 0) is 0 Å². The first-order valence-corrected chi connectivity index (χ1v) is 2.03. The molecule has 0 fully saturated rings. The monoisotopic (exact) mass is 116 g/mol. The maximum atomic E-state index is 9.73. The van der Waals surface area contributed by atoms with Gasteiger partial charge in [0.2, 0.25) is 0 Å². The number of carboxylic acids is 1. The van der Waals surface area contributed by atoms with Crippen LogP contribution in [-0.4, -0.2) is 16.4 Å². The van der Waals surface area contributed by atoms with E-state index in [2.05, 4.69) is 18.8 Å². The molecule has 0 amide bonds. The van der Waals surface area contributed by atoms with Gasteiger partial charge < -0.3 is 5.11 Å². The fourth-order valence-electron chi connectivity index (χ4n) is 0.0504. The molecule has 7 heavy (non-hydrogen) atoms. The first-order valence-electron chi connectivity index (χ1n) is 1.56. The van der Waals surface area contributed by atoms with Crippen LogP contribution in [0.25, 0.3) is 0 Å². The SMILES string of the molecule is C=C(C=S)C(=O)O. The topological polar surface area (TPSA) is 37.3 Å². The third-order valence-corrected chi connectivity index (χ3v) is 0.701. The van der Waals surface area contributed by atoms with Crippen LogP contribution in [0.1, 0.15) is 0 Å². The lowest BCUT2D eigenvalue weighted by molar-refractivity contribution is -0.131. The highest BCUT2D eigenvalue weighted by Gasteiger charge is 1.94. The van der Waals surface area contributed by atoms with E-state index in [1.54, 1.807) is 0 Å². The van der Waals surface area contributed by atoms with Crippen molar-refractivity contribution in [2.45, 2.75) is 0 Å². The second kappa shape index (κ2) is 2.47. The number of hydrogen-bond acceptors (Lipinski definition) is 2. The minimum atomic E-state index is -1.06. The van der Waals surface area contributed by atoms with Gasteiger partial charge in [0.05, 0.1) is 5.57 Å². The maximum Gasteiger partial charge on any atom is 0.335 e. The number of thiocarbonyl (C=S) groups is 1. The molecule has 38 valence electrons. The van der Waals surface area contributed by atoms with Gasteiger partial charge in [0.25, 0.3) is 0 Å². The molecular formula is C4H4O2S. The second-order valence-electron chi connectivity index (χ2n) is 0.948. The van der Waals surface area contributed by atoms with Crippen molar-refractivity contribution in [3.63, 3.8) is 0 Å². The van der Waals surface area contributed by atoms with E-state index in [-0.39, 0.29) is 5.57 Å². The minimum absolute atomic E-state index is 0.0463. The molecular weight excluding hydrogens is 112 g/mol. The maximum absolute atomic E-state index is 9.73. The highest BCUT2D eigenvalue weighted by atomic mass is 32.1. The van der Waals surface area contributed by atoms with E-state index in [9.17, 15) is 4.79 Å². The van der Waals surface area contributed by atoms with Crippen molar-refractivity contribution < 1.29 is 9.90 Å². The molecule has 0 aliphatic rings. The van der Waals surface area contributed by atoms with Gasteiger partial charge in [0.1, 0.15) is 0 Å². The minimum Gasteiger partial charge on any atom is -0.478 e. The molecule has 0 spiro atoms. The Morgan fingerprint density at radius 3 is 2.29 bits per heavy atom. The Labute approximate surface area is 46.5 Å². The Balaban J connectivity index is 3.81. The van der Waals surface area contributed by atoms with Gasteiger partial charge in [-0.3, -0.25) is 0 Å². The molecule has 0 aliphatic carbocycles. The van der Waals surface area contributed by atoms with Crippen molar-refractivity contribution in [3.05, 3.63) is 12.2 Å². The average molecular weight is 116 g/mol. The molecule has 0 unspecified atom stereocenters. The van der Waals surface area contributed by atoms with Crippen LogP contribution < -0.4 is 0 Å². The zero-order valence-corrected chi connectivity index (χ0v) is 4.36. The summed E-state index contributed by atoms with van der Waals surface area (Å²) in [5.41, 5.74) is -0.0463. The van der Waals surface area contributed by atoms with Gasteiger partial charge in [-0.1, -0.05) is 18.8 Å². The van der Waals surface area contributed by atoms with E-state index in [4.69, 9.17) is 5.11 Å². The third-order valence-electron chi connectivity index (χ3n) is 0.417. The second-order valence-corrected chi connectivity index (χ2v) is 1.18. The Morgan fingerprint density at radius 1 is 1.86 bits per heavy atom. The van der Waals surface area contributed by atoms with Crippen molar-refractivity contribution in [1.82, 2.24) is 0 Å². The van der Waals surface area contributed by atoms with Crippen molar-refractivity contribution in [2.75, 3.05) is 0 Å². The summed E-state index contributed by atoms with van der Waals surface area (Å²) >= 11 is 4.25. The van der Waals surface area contributed by atoms with Crippen LogP contribution in [0, 0.1) is 0 Å². The first kappa shape index (κ1) is 6.30. The summed E-state index contributed by atoms with van der Waals surface area (Å²) in [6, 6.07) is 0. The molecule has 0 saturated heterocycles. The van der Waals surface area contributed by atoms with E-state index < -0.39 is 5.97 Å². The van der Waals surface area contributed by atoms with Crippen LogP contribution >= 0.6 is 12.2 Å². The van der Waals surface area contributed by atoms with Crippen LogP contribution in [0.4, 0.5) is 0 Å². The van der Waals surface area contributed by atoms with E-state index in [1.165, 1.54) is 0 Å². The highest BCUT2D eigenvalue weighted by molar-refractivity contribution is 7.79. The van der Waals surface area contributed by atoms with Crippen LogP contribution in [0.5, 0.6) is 0 Å². The van der Waals surface area contributed by atoms with Crippen LogP contribution in [0.15, 0.2) is 12.2 Å². The third kappa shape index (κ3) is 2.05. The molecule has 0 aliphatic heterocycles. The van der Waals surface area contributed by atoms with Crippen molar-refractivity contribution in [2.24, 2.45) is 0 Å². The summed E-state index contributed by atoms with van der Waals surface area (Å²) < 4.78 is 0. The predicted molar refractivity (Wildman–Crippen MR) is 30.4 cm³/mol. The molecule has 0 heterocycles. The van der Waals surface area contributed by atoms with Gasteiger partial charge >= 0.3 is 5.97 Å². The molecule has 1 N–H and O–H groups in total. The van der Waals surface area contributed by atoms with Gasteiger partial charge in [0, 0.05) is 5.37 Å². The lowest BCUT2D eigenvalue weighted by Crippen LogP contribution is -1.97. The van der Waals surface area contributed by atoms with E-state index in [0.29, 0.717) is 0 Å². The van der Waals surface area contributed by atoms with E-state index >= 15 is 0 Å². The smallest absolute Gasteiger partial charge is 0.335 e. The molecule has 2 nitrogen and oxygen atoms in total. The molecule has 0 saturated carbocycles. The molecule has 0 aromatic heterocycles. The molecule has 0 rings (SSSR count). The summed E-state index contributed by atoms with van der Waals surface area (Å²) in [7, 11) is 0. The summed E-state index contributed by atoms with van der Waals surface area (Å²) in [5, 5.41) is 9.01. The molecule has 0 aromatic carbocycles. The van der Waals surface area contributed by atoms with Crippen LogP contribution in [0.3, 0.4) is 0 Å². The quantitative estimate of drug-likeness (QED) is 0.424. The lowest BCUT2D eigenvalue weighted by Gasteiger charge is -1.81. The van der Waals surface area contributed by atoms with Gasteiger partial charge in [-0.15, -0.1) is 0 Å². The molecule has 0 radical (unpaired) electrons. The Morgan fingerprint density at radius 2 is 2.29 bits per heavy atom. The van der Waals surface area contributed by atoms with Crippen molar-refractivity contribution in [3.8, 4) is 0 Å². The van der Waals surface area contributed by atoms with E-state index in [0.717, 1.165) is 5.37 Å². The van der Waals surface area contributed by atoms with Gasteiger partial charge in [0.15, 0.2) is 0 Å². The number of hydrogen-bond donors (Lipinski definition) is 1. The fraction of sp³-hybridized carbons (Fsp3) is 0. The Bertz CT molecular complexity index is 117. The molecule has 0 atom stereocenters. The highest BCUT2D eigenvalue weighted by Crippen LogP contribution is 1.81. The normalized spacial score (nSPS) is 7.43.